The summed E-state index contributed by atoms with van der Waals surface area (Å²) in [5, 5.41) is 16.2. The first-order chi connectivity index (χ1) is 25.4. The van der Waals surface area contributed by atoms with Crippen molar-refractivity contribution in [1.29, 1.82) is 0 Å². The van der Waals surface area contributed by atoms with Crippen LogP contribution in [0.4, 0.5) is 4.79 Å². The maximum absolute atomic E-state index is 13.0. The summed E-state index contributed by atoms with van der Waals surface area (Å²) < 4.78 is 18.2. The highest BCUT2D eigenvalue weighted by molar-refractivity contribution is 7.99. The number of aliphatic hydroxyl groups excluding tert-OH is 1. The number of hydrogen-bond acceptors (Lipinski definition) is 8. The van der Waals surface area contributed by atoms with Gasteiger partial charge in [-0.15, -0.1) is 11.8 Å². The SMILES string of the molecule is COC(=O)[C@H](Cc1ccccc1)NC(=O)NCc1ccccc1-c1ccc([C@@H]2O[C@H](CSc3ccccn3)[C@H](C)[C@H](c3ccc(CO)cc3)O2)cc1. The minimum absolute atomic E-state index is 0.0141. The first-order valence-corrected chi connectivity index (χ1v) is 18.3. The molecule has 2 amide bonds. The predicted octanol–water partition coefficient (Wildman–Crippen LogP) is 7.41. The number of methoxy groups -OCH3 is 1. The predicted molar refractivity (Wildman–Crippen MR) is 201 cm³/mol. The van der Waals surface area contributed by atoms with E-state index in [1.807, 2.05) is 121 Å². The number of rotatable bonds is 13. The topological polar surface area (TPSA) is 119 Å². The van der Waals surface area contributed by atoms with Gasteiger partial charge in [0.1, 0.15) is 6.04 Å². The molecule has 1 aliphatic rings. The molecule has 0 saturated carbocycles. The highest BCUT2D eigenvalue weighted by Gasteiger charge is 2.38. The van der Waals surface area contributed by atoms with E-state index in [4.69, 9.17) is 14.2 Å². The van der Waals surface area contributed by atoms with Crippen molar-refractivity contribution in [3.05, 3.63) is 155 Å². The summed E-state index contributed by atoms with van der Waals surface area (Å²) in [6.45, 7) is 2.39. The van der Waals surface area contributed by atoms with E-state index < -0.39 is 24.3 Å². The Labute approximate surface area is 308 Å². The lowest BCUT2D eigenvalue weighted by Gasteiger charge is -2.41. The van der Waals surface area contributed by atoms with Crippen LogP contribution in [0.3, 0.4) is 0 Å². The molecule has 1 saturated heterocycles. The molecule has 1 aromatic heterocycles. The van der Waals surface area contributed by atoms with Crippen molar-refractivity contribution < 1.29 is 28.9 Å². The Morgan fingerprint density at radius 3 is 2.27 bits per heavy atom. The Kier molecular flexibility index (Phi) is 12.7. The summed E-state index contributed by atoms with van der Waals surface area (Å²) in [4.78, 5) is 29.9. The van der Waals surface area contributed by atoms with Crippen molar-refractivity contribution >= 4 is 23.8 Å². The van der Waals surface area contributed by atoms with Gasteiger partial charge in [-0.1, -0.05) is 116 Å². The summed E-state index contributed by atoms with van der Waals surface area (Å²) in [6.07, 6.45) is 1.18. The molecule has 5 atom stereocenters. The number of aromatic nitrogens is 1. The molecular weight excluding hydrogens is 675 g/mol. The van der Waals surface area contributed by atoms with Crippen LogP contribution < -0.4 is 10.6 Å². The zero-order valence-corrected chi connectivity index (χ0v) is 30.0. The fraction of sp³-hybridized carbons (Fsp3) is 0.262. The van der Waals surface area contributed by atoms with Crippen molar-refractivity contribution in [1.82, 2.24) is 15.6 Å². The van der Waals surface area contributed by atoms with Gasteiger partial charge in [0, 0.05) is 36.4 Å². The molecular formula is C42H43N3O6S. The molecule has 52 heavy (non-hydrogen) atoms. The van der Waals surface area contributed by atoms with Crippen molar-refractivity contribution in [3.63, 3.8) is 0 Å². The number of benzene rings is 4. The van der Waals surface area contributed by atoms with E-state index in [1.165, 1.54) is 7.11 Å². The van der Waals surface area contributed by atoms with Crippen molar-refractivity contribution in [2.45, 2.75) is 56.1 Å². The summed E-state index contributed by atoms with van der Waals surface area (Å²) in [6, 6.07) is 38.0. The van der Waals surface area contributed by atoms with Crippen molar-refractivity contribution in [3.8, 4) is 11.1 Å². The van der Waals surface area contributed by atoms with Crippen LogP contribution in [-0.4, -0.2) is 47.1 Å². The van der Waals surface area contributed by atoms with Crippen LogP contribution in [-0.2, 0) is 38.6 Å². The molecule has 4 aromatic carbocycles. The van der Waals surface area contributed by atoms with Gasteiger partial charge in [0.2, 0.25) is 0 Å². The highest BCUT2D eigenvalue weighted by atomic mass is 32.2. The zero-order chi connectivity index (χ0) is 36.3. The normalized spacial score (nSPS) is 19.0. The Morgan fingerprint density at radius 1 is 0.846 bits per heavy atom. The Morgan fingerprint density at radius 2 is 1.56 bits per heavy atom. The number of hydrogen-bond donors (Lipinski definition) is 3. The Bertz CT molecular complexity index is 1890. The second kappa shape index (κ2) is 18.0. The van der Waals surface area contributed by atoms with Crippen molar-refractivity contribution in [2.75, 3.05) is 12.9 Å². The molecule has 1 aliphatic heterocycles. The maximum Gasteiger partial charge on any atom is 0.328 e. The number of pyridine rings is 1. The largest absolute Gasteiger partial charge is 0.467 e. The number of carbonyl (C=O) groups is 2. The molecule has 2 heterocycles. The summed E-state index contributed by atoms with van der Waals surface area (Å²) >= 11 is 1.66. The van der Waals surface area contributed by atoms with Crippen molar-refractivity contribution in [2.24, 2.45) is 5.92 Å². The molecule has 0 aliphatic carbocycles. The monoisotopic (exact) mass is 717 g/mol. The van der Waals surface area contributed by atoms with Crippen LogP contribution in [0.2, 0.25) is 0 Å². The molecule has 268 valence electrons. The van der Waals surface area contributed by atoms with Crippen LogP contribution in [0.1, 0.15) is 47.1 Å². The van der Waals surface area contributed by atoms with E-state index in [0.29, 0.717) is 12.2 Å². The second-order valence-electron chi connectivity index (χ2n) is 12.7. The van der Waals surface area contributed by atoms with Crippen LogP contribution in [0, 0.1) is 5.92 Å². The number of nitrogens with one attached hydrogen (secondary N) is 2. The van der Waals surface area contributed by atoms with Gasteiger partial charge in [-0.3, -0.25) is 0 Å². The van der Waals surface area contributed by atoms with Crippen LogP contribution >= 0.6 is 11.8 Å². The van der Waals surface area contributed by atoms with E-state index in [-0.39, 0.29) is 31.3 Å². The van der Waals surface area contributed by atoms with Gasteiger partial charge in [-0.05, 0) is 45.5 Å². The molecule has 0 radical (unpaired) electrons. The molecule has 3 N–H and O–H groups in total. The molecule has 5 aromatic rings. The fourth-order valence-corrected chi connectivity index (χ4v) is 7.28. The summed E-state index contributed by atoms with van der Waals surface area (Å²) in [5.74, 6) is 0.260. The summed E-state index contributed by atoms with van der Waals surface area (Å²) in [7, 11) is 1.31. The highest BCUT2D eigenvalue weighted by Crippen LogP contribution is 2.43. The van der Waals surface area contributed by atoms with E-state index in [1.54, 1.807) is 18.0 Å². The molecule has 9 nitrogen and oxygen atoms in total. The van der Waals surface area contributed by atoms with Gasteiger partial charge in [-0.2, -0.15) is 0 Å². The van der Waals surface area contributed by atoms with Crippen LogP contribution in [0.25, 0.3) is 11.1 Å². The number of carbonyl (C=O) groups excluding carboxylic acids is 2. The quantitative estimate of drug-likeness (QED) is 0.0852. The molecule has 10 heteroatoms. The van der Waals surface area contributed by atoms with E-state index >= 15 is 0 Å². The molecule has 6 rings (SSSR count). The number of esters is 1. The number of nitrogens with zero attached hydrogens (tertiary/aromatic N) is 1. The molecule has 0 bridgehead atoms. The van der Waals surface area contributed by atoms with Gasteiger partial charge >= 0.3 is 12.0 Å². The second-order valence-corrected chi connectivity index (χ2v) is 13.7. The van der Waals surface area contributed by atoms with E-state index in [9.17, 15) is 14.7 Å². The lowest BCUT2D eigenvalue weighted by Crippen LogP contribution is -2.47. The zero-order valence-electron chi connectivity index (χ0n) is 29.2. The third-order valence-corrected chi connectivity index (χ3v) is 10.2. The van der Waals surface area contributed by atoms with Crippen LogP contribution in [0.5, 0.6) is 0 Å². The number of urea groups is 1. The summed E-state index contributed by atoms with van der Waals surface area (Å²) in [5.41, 5.74) is 6.54. The molecule has 1 fully saturated rings. The van der Waals surface area contributed by atoms with Gasteiger partial charge in [-0.25, -0.2) is 14.6 Å². The number of aliphatic hydroxyl groups is 1. The maximum atomic E-state index is 13.0. The first kappa shape index (κ1) is 36.8. The van der Waals surface area contributed by atoms with E-state index in [0.717, 1.165) is 44.0 Å². The van der Waals surface area contributed by atoms with Gasteiger partial charge in [0.15, 0.2) is 6.29 Å². The van der Waals surface area contributed by atoms with Gasteiger partial charge in [0.05, 0.1) is 31.0 Å². The average Bonchev–Trinajstić information content (AvgIpc) is 3.20. The Hall–Kier alpha value is -5.00. The van der Waals surface area contributed by atoms with E-state index in [2.05, 4.69) is 22.5 Å². The number of amides is 2. The average molecular weight is 718 g/mol. The van der Waals surface area contributed by atoms with Gasteiger partial charge < -0.3 is 30.0 Å². The lowest BCUT2D eigenvalue weighted by molar-refractivity contribution is -0.268. The molecule has 0 spiro atoms. The molecule has 0 unspecified atom stereocenters. The Balaban J connectivity index is 1.15. The fourth-order valence-electron chi connectivity index (χ4n) is 6.26. The lowest BCUT2D eigenvalue weighted by atomic mass is 9.91. The number of ether oxygens (including phenoxy) is 3. The van der Waals surface area contributed by atoms with Gasteiger partial charge in [0.25, 0.3) is 0 Å². The minimum atomic E-state index is -0.824. The third kappa shape index (κ3) is 9.45. The smallest absolute Gasteiger partial charge is 0.328 e. The number of thioether (sulfide) groups is 1. The third-order valence-electron chi connectivity index (χ3n) is 9.18. The minimum Gasteiger partial charge on any atom is -0.467 e. The van der Waals surface area contributed by atoms with Crippen LogP contribution in [0.15, 0.2) is 133 Å². The standard InChI is InChI=1S/C42H43N3O6S/c1-28-37(27-52-38-14-8-9-23-43-38)50-41(51-39(28)32-17-15-30(26-46)16-18-32)33-21-19-31(20-22-33)35-13-7-6-12-34(35)25-44-42(48)45-36(40(47)49-2)24-29-10-4-3-5-11-29/h3-23,28,36-37,39,41,46H,24-27H2,1-2H3,(H2,44,45,48)/t28-,36-,37+,39+,41+/m0/s1. The first-order valence-electron chi connectivity index (χ1n) is 17.3.